The number of hydrogen-bond donors (Lipinski definition) is 1. The van der Waals surface area contributed by atoms with Crippen molar-refractivity contribution in [2.45, 2.75) is 12.8 Å². The summed E-state index contributed by atoms with van der Waals surface area (Å²) in [6, 6.07) is 7.67. The molecule has 1 aromatic heterocycles. The molecule has 1 heterocycles. The van der Waals surface area contributed by atoms with Gasteiger partial charge in [0.05, 0.1) is 5.92 Å². The van der Waals surface area contributed by atoms with Crippen molar-refractivity contribution in [1.82, 2.24) is 4.98 Å². The van der Waals surface area contributed by atoms with Gasteiger partial charge in [-0.2, -0.15) is 0 Å². The van der Waals surface area contributed by atoms with Crippen LogP contribution in [0.1, 0.15) is 18.4 Å². The van der Waals surface area contributed by atoms with E-state index in [4.69, 9.17) is 5.11 Å². The third-order valence-corrected chi connectivity index (χ3v) is 2.54. The molecule has 0 aliphatic heterocycles. The molecule has 3 nitrogen and oxygen atoms in total. The van der Waals surface area contributed by atoms with E-state index in [1.54, 1.807) is 19.3 Å². The summed E-state index contributed by atoms with van der Waals surface area (Å²) < 4.78 is 0. The maximum atomic E-state index is 10.9. The Bertz CT molecular complexity index is 502. The topological polar surface area (TPSA) is 50.2 Å². The highest BCUT2D eigenvalue weighted by Gasteiger charge is 2.16. The van der Waals surface area contributed by atoms with Crippen molar-refractivity contribution in [2.24, 2.45) is 0 Å². The van der Waals surface area contributed by atoms with Crippen LogP contribution in [0.4, 0.5) is 0 Å². The Labute approximate surface area is 87.4 Å². The van der Waals surface area contributed by atoms with Crippen molar-refractivity contribution >= 4 is 16.7 Å². The van der Waals surface area contributed by atoms with Gasteiger partial charge in [0.2, 0.25) is 0 Å². The average Bonchev–Trinajstić information content (AvgIpc) is 2.27. The molecule has 0 amide bonds. The third kappa shape index (κ3) is 1.68. The van der Waals surface area contributed by atoms with E-state index in [-0.39, 0.29) is 0 Å². The van der Waals surface area contributed by atoms with Crippen LogP contribution >= 0.6 is 0 Å². The molecule has 1 atom stereocenters. The lowest BCUT2D eigenvalue weighted by Gasteiger charge is -2.09. The van der Waals surface area contributed by atoms with Crippen molar-refractivity contribution in [3.05, 3.63) is 42.2 Å². The molecular formula is C12H11NO2. The number of nitrogens with zero attached hydrogens (tertiary/aromatic N) is 1. The summed E-state index contributed by atoms with van der Waals surface area (Å²) in [5, 5.41) is 10.9. The van der Waals surface area contributed by atoms with E-state index >= 15 is 0 Å². The molecule has 0 saturated carbocycles. The molecule has 2 rings (SSSR count). The number of carboxylic acid groups (broad SMARTS) is 1. The van der Waals surface area contributed by atoms with Crippen LogP contribution in [0.2, 0.25) is 0 Å². The molecular weight excluding hydrogens is 190 g/mol. The molecule has 0 bridgehead atoms. The number of benzene rings is 1. The zero-order chi connectivity index (χ0) is 10.8. The third-order valence-electron chi connectivity index (χ3n) is 2.54. The van der Waals surface area contributed by atoms with Crippen LogP contribution < -0.4 is 0 Å². The quantitative estimate of drug-likeness (QED) is 0.811. The molecule has 0 aliphatic carbocycles. The first-order valence-electron chi connectivity index (χ1n) is 4.75. The predicted octanol–water partition coefficient (Wildman–Crippen LogP) is 2.42. The molecule has 0 saturated heterocycles. The lowest BCUT2D eigenvalue weighted by Crippen LogP contribution is -2.08. The van der Waals surface area contributed by atoms with Gasteiger partial charge in [0, 0.05) is 17.8 Å². The first-order chi connectivity index (χ1) is 7.20. The van der Waals surface area contributed by atoms with E-state index in [2.05, 4.69) is 4.98 Å². The Balaban J connectivity index is 2.65. The largest absolute Gasteiger partial charge is 0.481 e. The smallest absolute Gasteiger partial charge is 0.310 e. The van der Waals surface area contributed by atoms with Gasteiger partial charge >= 0.3 is 5.97 Å². The summed E-state index contributed by atoms with van der Waals surface area (Å²) in [6.07, 6.45) is 3.37. The normalized spacial score (nSPS) is 12.6. The van der Waals surface area contributed by atoms with Crippen LogP contribution in [0.5, 0.6) is 0 Å². The van der Waals surface area contributed by atoms with Crippen LogP contribution in [-0.2, 0) is 4.79 Å². The van der Waals surface area contributed by atoms with Crippen LogP contribution in [0.15, 0.2) is 36.7 Å². The zero-order valence-corrected chi connectivity index (χ0v) is 8.34. The van der Waals surface area contributed by atoms with Crippen LogP contribution in [0.3, 0.4) is 0 Å². The highest BCUT2D eigenvalue weighted by molar-refractivity contribution is 5.89. The number of aliphatic carboxylic acids is 1. The minimum absolute atomic E-state index is 0.524. The Morgan fingerprint density at radius 3 is 2.80 bits per heavy atom. The molecule has 1 N–H and O–H groups in total. The summed E-state index contributed by atoms with van der Waals surface area (Å²) in [7, 11) is 0. The number of fused-ring (bicyclic) bond motifs is 1. The van der Waals surface area contributed by atoms with Gasteiger partial charge < -0.3 is 5.11 Å². The fraction of sp³-hybridized carbons (Fsp3) is 0.167. The van der Waals surface area contributed by atoms with Crippen molar-refractivity contribution in [1.29, 1.82) is 0 Å². The average molecular weight is 201 g/mol. The molecule has 0 aliphatic rings. The molecule has 3 heteroatoms. The zero-order valence-electron chi connectivity index (χ0n) is 8.34. The van der Waals surface area contributed by atoms with E-state index in [0.717, 1.165) is 16.3 Å². The van der Waals surface area contributed by atoms with E-state index in [9.17, 15) is 4.79 Å². The van der Waals surface area contributed by atoms with E-state index in [1.807, 2.05) is 24.3 Å². The fourth-order valence-electron chi connectivity index (χ4n) is 1.62. The summed E-state index contributed by atoms with van der Waals surface area (Å²) in [4.78, 5) is 15.0. The van der Waals surface area contributed by atoms with E-state index in [0.29, 0.717) is 0 Å². The van der Waals surface area contributed by atoms with Gasteiger partial charge in [-0.25, -0.2) is 0 Å². The Kier molecular flexibility index (Phi) is 2.37. The molecule has 0 radical (unpaired) electrons. The number of carboxylic acids is 1. The maximum Gasteiger partial charge on any atom is 0.310 e. The second kappa shape index (κ2) is 3.69. The number of aromatic nitrogens is 1. The second-order valence-corrected chi connectivity index (χ2v) is 3.51. The number of carbonyl (C=O) groups is 1. The van der Waals surface area contributed by atoms with Crippen molar-refractivity contribution in [2.75, 3.05) is 0 Å². The highest BCUT2D eigenvalue weighted by Crippen LogP contribution is 2.24. The van der Waals surface area contributed by atoms with Crippen molar-refractivity contribution in [3.63, 3.8) is 0 Å². The lowest BCUT2D eigenvalue weighted by molar-refractivity contribution is -0.138. The Hall–Kier alpha value is -1.90. The monoisotopic (exact) mass is 201 g/mol. The van der Waals surface area contributed by atoms with Crippen LogP contribution in [-0.4, -0.2) is 16.1 Å². The predicted molar refractivity (Wildman–Crippen MR) is 57.8 cm³/mol. The van der Waals surface area contributed by atoms with E-state index in [1.165, 1.54) is 0 Å². The molecule has 1 unspecified atom stereocenters. The SMILES string of the molecule is CC(C(=O)O)c1cncc2ccccc12. The highest BCUT2D eigenvalue weighted by atomic mass is 16.4. The fourth-order valence-corrected chi connectivity index (χ4v) is 1.62. The summed E-state index contributed by atoms with van der Waals surface area (Å²) in [5.74, 6) is -1.35. The Morgan fingerprint density at radius 2 is 2.07 bits per heavy atom. The van der Waals surface area contributed by atoms with Gasteiger partial charge in [0.1, 0.15) is 0 Å². The molecule has 76 valence electrons. The van der Waals surface area contributed by atoms with Crippen LogP contribution in [0, 0.1) is 0 Å². The van der Waals surface area contributed by atoms with Gasteiger partial charge in [0.15, 0.2) is 0 Å². The first kappa shape index (κ1) is 9.65. The van der Waals surface area contributed by atoms with E-state index < -0.39 is 11.9 Å². The molecule has 1 aromatic carbocycles. The molecule has 0 spiro atoms. The standard InChI is InChI=1S/C12H11NO2/c1-8(12(14)15)11-7-13-6-9-4-2-3-5-10(9)11/h2-8H,1H3,(H,14,15). The first-order valence-corrected chi connectivity index (χ1v) is 4.75. The van der Waals surface area contributed by atoms with Gasteiger partial charge in [-0.15, -0.1) is 0 Å². The minimum atomic E-state index is -0.826. The number of hydrogen-bond acceptors (Lipinski definition) is 2. The van der Waals surface area contributed by atoms with Crippen molar-refractivity contribution in [3.8, 4) is 0 Å². The lowest BCUT2D eigenvalue weighted by atomic mass is 9.97. The Morgan fingerprint density at radius 1 is 1.33 bits per heavy atom. The summed E-state index contributed by atoms with van der Waals surface area (Å²) in [5.41, 5.74) is 0.764. The summed E-state index contributed by atoms with van der Waals surface area (Å²) >= 11 is 0. The van der Waals surface area contributed by atoms with Crippen molar-refractivity contribution < 1.29 is 9.90 Å². The maximum absolute atomic E-state index is 10.9. The van der Waals surface area contributed by atoms with Gasteiger partial charge in [0.25, 0.3) is 0 Å². The molecule has 2 aromatic rings. The van der Waals surface area contributed by atoms with Crippen LogP contribution in [0.25, 0.3) is 10.8 Å². The van der Waals surface area contributed by atoms with Gasteiger partial charge in [-0.1, -0.05) is 24.3 Å². The van der Waals surface area contributed by atoms with Gasteiger partial charge in [-0.3, -0.25) is 9.78 Å². The van der Waals surface area contributed by atoms with Gasteiger partial charge in [-0.05, 0) is 17.9 Å². The minimum Gasteiger partial charge on any atom is -0.481 e. The summed E-state index contributed by atoms with van der Waals surface area (Å²) in [6.45, 7) is 1.67. The molecule has 15 heavy (non-hydrogen) atoms. The number of rotatable bonds is 2. The second-order valence-electron chi connectivity index (χ2n) is 3.51. The number of pyridine rings is 1. The molecule has 0 fully saturated rings.